The van der Waals surface area contributed by atoms with Crippen LogP contribution in [-0.2, 0) is 19.1 Å². The molecule has 1 saturated heterocycles. The van der Waals surface area contributed by atoms with E-state index < -0.39 is 12.0 Å². The average molecular weight is 262 g/mol. The van der Waals surface area contributed by atoms with E-state index in [2.05, 4.69) is 4.74 Å². The zero-order valence-electron chi connectivity index (χ0n) is 10.5. The Balaban J connectivity index is 2.13. The number of fused-ring (bicyclic) bond motifs is 1. The summed E-state index contributed by atoms with van der Waals surface area (Å²) in [6.45, 7) is 1.06. The molecule has 1 aliphatic carbocycles. The summed E-state index contributed by atoms with van der Waals surface area (Å²) >= 11 is 0. The van der Waals surface area contributed by atoms with Gasteiger partial charge in [0.2, 0.25) is 11.8 Å². The maximum Gasteiger partial charge on any atom is 0.330 e. The fourth-order valence-corrected chi connectivity index (χ4v) is 2.54. The molecule has 0 bridgehead atoms. The van der Waals surface area contributed by atoms with Crippen LogP contribution in [0, 0.1) is 23.2 Å². The Morgan fingerprint density at radius 1 is 1.42 bits per heavy atom. The molecular formula is C13H14N2O4. The van der Waals surface area contributed by atoms with Gasteiger partial charge in [0.15, 0.2) is 6.61 Å². The molecule has 0 radical (unpaired) electrons. The first-order chi connectivity index (χ1) is 9.07. The van der Waals surface area contributed by atoms with Crippen molar-refractivity contribution in [3.05, 3.63) is 12.2 Å². The monoisotopic (exact) mass is 262 g/mol. The number of nitrogens with zero attached hydrogens (tertiary/aromatic N) is 2. The normalized spacial score (nSPS) is 26.8. The Morgan fingerprint density at radius 3 is 2.42 bits per heavy atom. The van der Waals surface area contributed by atoms with Crippen LogP contribution in [0.15, 0.2) is 12.2 Å². The topological polar surface area (TPSA) is 87.5 Å². The van der Waals surface area contributed by atoms with Crippen LogP contribution in [0.4, 0.5) is 0 Å². The number of rotatable bonds is 3. The Labute approximate surface area is 110 Å². The highest BCUT2D eigenvalue weighted by molar-refractivity contribution is 6.08. The molecular weight excluding hydrogens is 248 g/mol. The number of amides is 2. The van der Waals surface area contributed by atoms with Gasteiger partial charge in [0, 0.05) is 0 Å². The molecule has 100 valence electrons. The van der Waals surface area contributed by atoms with Gasteiger partial charge in [-0.1, -0.05) is 12.2 Å². The third kappa shape index (κ3) is 2.24. The second kappa shape index (κ2) is 5.22. The molecule has 2 amide bonds. The van der Waals surface area contributed by atoms with E-state index in [1.165, 1.54) is 6.92 Å². The van der Waals surface area contributed by atoms with Gasteiger partial charge in [-0.2, -0.15) is 5.26 Å². The SMILES string of the molecule is C[C@@H](C(=O)OCC#N)N1C(=O)[C@H]2CC=CC[C@H]2C1=O. The van der Waals surface area contributed by atoms with E-state index in [4.69, 9.17) is 5.26 Å². The molecule has 0 saturated carbocycles. The van der Waals surface area contributed by atoms with Gasteiger partial charge in [-0.25, -0.2) is 4.79 Å². The van der Waals surface area contributed by atoms with Crippen molar-refractivity contribution in [2.24, 2.45) is 11.8 Å². The predicted octanol–water partition coefficient (Wildman–Crippen LogP) is 0.393. The van der Waals surface area contributed by atoms with Gasteiger partial charge >= 0.3 is 5.97 Å². The van der Waals surface area contributed by atoms with Gasteiger partial charge in [0.25, 0.3) is 0 Å². The molecule has 0 N–H and O–H groups in total. The van der Waals surface area contributed by atoms with Crippen LogP contribution in [0.25, 0.3) is 0 Å². The molecule has 0 aromatic heterocycles. The number of hydrogen-bond acceptors (Lipinski definition) is 5. The summed E-state index contributed by atoms with van der Waals surface area (Å²) < 4.78 is 4.65. The van der Waals surface area contributed by atoms with E-state index in [9.17, 15) is 14.4 Å². The van der Waals surface area contributed by atoms with E-state index in [1.54, 1.807) is 6.07 Å². The Hall–Kier alpha value is -2.16. The second-order valence-electron chi connectivity index (χ2n) is 4.64. The standard InChI is InChI=1S/C13H14N2O4/c1-8(13(18)19-7-6-14)15-11(16)9-4-2-3-5-10(9)12(15)17/h2-3,8-10H,4-5,7H2,1H3/t8-,9-,10+/m0/s1. The molecule has 2 aliphatic rings. The first-order valence-corrected chi connectivity index (χ1v) is 6.13. The number of hydrogen-bond donors (Lipinski definition) is 0. The number of esters is 1. The lowest BCUT2D eigenvalue weighted by Crippen LogP contribution is -2.44. The van der Waals surface area contributed by atoms with Crippen LogP contribution in [0.5, 0.6) is 0 Å². The summed E-state index contributed by atoms with van der Waals surface area (Å²) in [5.74, 6) is -2.08. The average Bonchev–Trinajstić information content (AvgIpc) is 2.68. The summed E-state index contributed by atoms with van der Waals surface area (Å²) in [6, 6.07) is 0.702. The molecule has 3 atom stereocenters. The van der Waals surface area contributed by atoms with Gasteiger partial charge in [-0.15, -0.1) is 0 Å². The summed E-state index contributed by atoms with van der Waals surface area (Å²) in [5.41, 5.74) is 0. The highest BCUT2D eigenvalue weighted by atomic mass is 16.5. The van der Waals surface area contributed by atoms with Crippen LogP contribution in [0.3, 0.4) is 0 Å². The van der Waals surface area contributed by atoms with Crippen molar-refractivity contribution in [2.45, 2.75) is 25.8 Å². The number of likely N-dealkylation sites (tertiary alicyclic amines) is 1. The fraction of sp³-hybridized carbons (Fsp3) is 0.538. The van der Waals surface area contributed by atoms with Crippen LogP contribution >= 0.6 is 0 Å². The Bertz CT molecular complexity index is 465. The largest absolute Gasteiger partial charge is 0.449 e. The van der Waals surface area contributed by atoms with E-state index >= 15 is 0 Å². The minimum absolute atomic E-state index is 0.319. The molecule has 1 aliphatic heterocycles. The maximum atomic E-state index is 12.2. The number of nitriles is 1. The highest BCUT2D eigenvalue weighted by Gasteiger charge is 2.50. The van der Waals surface area contributed by atoms with Gasteiger partial charge in [-0.3, -0.25) is 14.5 Å². The maximum absolute atomic E-state index is 12.2. The lowest BCUT2D eigenvalue weighted by molar-refractivity contribution is -0.157. The lowest BCUT2D eigenvalue weighted by atomic mass is 9.85. The summed E-state index contributed by atoms with van der Waals surface area (Å²) in [6.07, 6.45) is 4.83. The van der Waals surface area contributed by atoms with Crippen molar-refractivity contribution in [3.63, 3.8) is 0 Å². The van der Waals surface area contributed by atoms with Gasteiger partial charge in [0.05, 0.1) is 11.8 Å². The number of allylic oxidation sites excluding steroid dienone is 2. The van der Waals surface area contributed by atoms with E-state index in [0.717, 1.165) is 4.90 Å². The molecule has 1 fully saturated rings. The molecule has 0 spiro atoms. The number of carbonyl (C=O) groups excluding carboxylic acids is 3. The second-order valence-corrected chi connectivity index (χ2v) is 4.64. The zero-order chi connectivity index (χ0) is 14.0. The molecule has 19 heavy (non-hydrogen) atoms. The molecule has 2 rings (SSSR count). The van der Waals surface area contributed by atoms with Crippen LogP contribution in [-0.4, -0.2) is 35.3 Å². The fourth-order valence-electron chi connectivity index (χ4n) is 2.54. The number of carbonyl (C=O) groups is 3. The van der Waals surface area contributed by atoms with Crippen molar-refractivity contribution >= 4 is 17.8 Å². The van der Waals surface area contributed by atoms with Crippen molar-refractivity contribution < 1.29 is 19.1 Å². The van der Waals surface area contributed by atoms with Crippen LogP contribution in [0.1, 0.15) is 19.8 Å². The predicted molar refractivity (Wildman–Crippen MR) is 63.2 cm³/mol. The minimum Gasteiger partial charge on any atom is -0.449 e. The molecule has 6 nitrogen and oxygen atoms in total. The molecule has 6 heteroatoms. The first-order valence-electron chi connectivity index (χ1n) is 6.13. The Morgan fingerprint density at radius 2 is 1.95 bits per heavy atom. The summed E-state index contributed by atoms with van der Waals surface area (Å²) in [4.78, 5) is 37.0. The van der Waals surface area contributed by atoms with E-state index in [-0.39, 0.29) is 30.3 Å². The molecule has 1 heterocycles. The summed E-state index contributed by atoms with van der Waals surface area (Å²) in [5, 5.41) is 8.35. The quantitative estimate of drug-likeness (QED) is 0.417. The lowest BCUT2D eigenvalue weighted by Gasteiger charge is -2.20. The van der Waals surface area contributed by atoms with Gasteiger partial charge in [-0.05, 0) is 19.8 Å². The zero-order valence-corrected chi connectivity index (χ0v) is 10.5. The van der Waals surface area contributed by atoms with Crippen LogP contribution < -0.4 is 0 Å². The Kier molecular flexibility index (Phi) is 3.65. The van der Waals surface area contributed by atoms with Crippen LogP contribution in [0.2, 0.25) is 0 Å². The molecule has 0 unspecified atom stereocenters. The van der Waals surface area contributed by atoms with Gasteiger partial charge in [0.1, 0.15) is 12.1 Å². The van der Waals surface area contributed by atoms with E-state index in [1.807, 2.05) is 12.2 Å². The van der Waals surface area contributed by atoms with Crippen molar-refractivity contribution in [3.8, 4) is 6.07 Å². The highest BCUT2D eigenvalue weighted by Crippen LogP contribution is 2.36. The van der Waals surface area contributed by atoms with Gasteiger partial charge < -0.3 is 4.74 Å². The smallest absolute Gasteiger partial charge is 0.330 e. The number of imide groups is 1. The third-order valence-corrected chi connectivity index (χ3v) is 3.55. The summed E-state index contributed by atoms with van der Waals surface area (Å²) in [7, 11) is 0. The van der Waals surface area contributed by atoms with Crippen molar-refractivity contribution in [2.75, 3.05) is 6.61 Å². The van der Waals surface area contributed by atoms with E-state index in [0.29, 0.717) is 12.8 Å². The number of ether oxygens (including phenoxy) is 1. The molecule has 0 aromatic carbocycles. The van der Waals surface area contributed by atoms with Crippen molar-refractivity contribution in [1.82, 2.24) is 4.90 Å². The van der Waals surface area contributed by atoms with Crippen molar-refractivity contribution in [1.29, 1.82) is 5.26 Å². The molecule has 0 aromatic rings. The minimum atomic E-state index is -0.973. The first kappa shape index (κ1) is 13.3. The third-order valence-electron chi connectivity index (χ3n) is 3.55.